The highest BCUT2D eigenvalue weighted by molar-refractivity contribution is 7.09. The van der Waals surface area contributed by atoms with Crippen molar-refractivity contribution >= 4 is 39.8 Å². The number of aromatic amines is 1. The van der Waals surface area contributed by atoms with Crippen LogP contribution in [-0.4, -0.2) is 32.8 Å². The second kappa shape index (κ2) is 13.3. The molecule has 0 fully saturated rings. The molecule has 47 heavy (non-hydrogen) atoms. The lowest BCUT2D eigenvalue weighted by molar-refractivity contribution is 0.262. The minimum Gasteiger partial charge on any atom is -0.497 e. The predicted octanol–water partition coefficient (Wildman–Crippen LogP) is 7.26. The van der Waals surface area contributed by atoms with Crippen molar-refractivity contribution in [2.24, 2.45) is 7.05 Å². The van der Waals surface area contributed by atoms with E-state index in [0.717, 1.165) is 44.9 Å². The second-order valence-corrected chi connectivity index (χ2v) is 12.0. The third-order valence-electron chi connectivity index (χ3n) is 7.63. The van der Waals surface area contributed by atoms with Crippen LogP contribution in [0.15, 0.2) is 83.7 Å². The van der Waals surface area contributed by atoms with Gasteiger partial charge in [0.15, 0.2) is 0 Å². The number of H-pyrrole nitrogens is 1. The molecule has 0 aliphatic heterocycles. The molecule has 0 saturated heterocycles. The number of rotatable bonds is 10. The second-order valence-electron chi connectivity index (χ2n) is 11.0. The molecule has 6 rings (SSSR count). The summed E-state index contributed by atoms with van der Waals surface area (Å²) in [6.45, 7) is 4.10. The van der Waals surface area contributed by atoms with E-state index >= 15 is 0 Å². The quantitative estimate of drug-likeness (QED) is 0.122. The highest BCUT2D eigenvalue weighted by Crippen LogP contribution is 2.32. The van der Waals surface area contributed by atoms with Crippen molar-refractivity contribution in [2.75, 3.05) is 17.7 Å². The minimum absolute atomic E-state index is 0.0841. The van der Waals surface area contributed by atoms with Gasteiger partial charge < -0.3 is 34.5 Å². The van der Waals surface area contributed by atoms with Gasteiger partial charge >= 0.3 is 10.9 Å². The van der Waals surface area contributed by atoms with Crippen molar-refractivity contribution in [2.45, 2.75) is 26.9 Å². The highest BCUT2D eigenvalue weighted by atomic mass is 32.1. The fraction of sp³-hybridized carbons (Fsp3) is 0.171. The van der Waals surface area contributed by atoms with E-state index in [9.17, 15) is 14.7 Å². The molecular weight excluding hydrogens is 618 g/mol. The van der Waals surface area contributed by atoms with Gasteiger partial charge in [-0.2, -0.15) is 0 Å². The van der Waals surface area contributed by atoms with Crippen molar-refractivity contribution < 1.29 is 24.1 Å². The molecule has 0 saturated carbocycles. The first kappa shape index (κ1) is 31.2. The van der Waals surface area contributed by atoms with Crippen LogP contribution in [0.25, 0.3) is 11.0 Å². The summed E-state index contributed by atoms with van der Waals surface area (Å²) in [5.41, 5.74) is 5.74. The topological polar surface area (TPSA) is 140 Å². The van der Waals surface area contributed by atoms with E-state index in [-0.39, 0.29) is 23.4 Å². The third-order valence-corrected chi connectivity index (χ3v) is 8.50. The Morgan fingerprint density at radius 1 is 0.915 bits per heavy atom. The van der Waals surface area contributed by atoms with Crippen molar-refractivity contribution in [3.63, 3.8) is 0 Å². The number of hydrogen-bond donors (Lipinski definition) is 4. The number of aryl methyl sites for hydroxylation is 3. The maximum absolute atomic E-state index is 12.7. The van der Waals surface area contributed by atoms with Crippen LogP contribution < -0.4 is 29.7 Å². The summed E-state index contributed by atoms with van der Waals surface area (Å²) in [6.07, 6.45) is 0.452. The maximum atomic E-state index is 12.7. The zero-order chi connectivity index (χ0) is 33.1. The number of ether oxygens (including phenoxy) is 3. The van der Waals surface area contributed by atoms with Crippen molar-refractivity contribution in [1.29, 1.82) is 0 Å². The van der Waals surface area contributed by atoms with E-state index < -0.39 is 0 Å². The van der Waals surface area contributed by atoms with Crippen LogP contribution in [0.5, 0.6) is 28.9 Å². The standard InChI is InChI=1S/C35H33N5O6S/c1-20-15-27(16-21(2)32(20)38-34(42)36-23-7-11-24(44-4)12-8-23)46-26-13-14-28-29(18-26)40(3)31(37-28)19-45-25-9-5-22(6-10-25)17-30-33(41)39-35(43)47-30/h5-16,18,41H,17,19H2,1-4H3,(H,39,43)(H2,36,38,42). The summed E-state index contributed by atoms with van der Waals surface area (Å²) < 4.78 is 19.4. The monoisotopic (exact) mass is 651 g/mol. The molecule has 0 bridgehead atoms. The number of hydrogen-bond acceptors (Lipinski definition) is 8. The van der Waals surface area contributed by atoms with E-state index in [1.165, 1.54) is 0 Å². The van der Waals surface area contributed by atoms with Crippen LogP contribution in [0.3, 0.4) is 0 Å². The highest BCUT2D eigenvalue weighted by Gasteiger charge is 2.14. The molecule has 0 unspecified atom stereocenters. The molecule has 2 amide bonds. The van der Waals surface area contributed by atoms with Crippen LogP contribution in [-0.2, 0) is 20.1 Å². The molecule has 4 aromatic carbocycles. The number of anilines is 2. The van der Waals surface area contributed by atoms with Gasteiger partial charge in [-0.25, -0.2) is 9.78 Å². The number of fused-ring (bicyclic) bond motifs is 1. The lowest BCUT2D eigenvalue weighted by atomic mass is 10.1. The molecule has 240 valence electrons. The first-order valence-electron chi connectivity index (χ1n) is 14.7. The van der Waals surface area contributed by atoms with Gasteiger partial charge in [-0.1, -0.05) is 23.5 Å². The van der Waals surface area contributed by atoms with Gasteiger partial charge in [0.2, 0.25) is 5.88 Å². The third kappa shape index (κ3) is 7.23. The molecule has 2 aromatic heterocycles. The fourth-order valence-electron chi connectivity index (χ4n) is 5.19. The summed E-state index contributed by atoms with van der Waals surface area (Å²) >= 11 is 0.999. The number of urea groups is 1. The van der Waals surface area contributed by atoms with Gasteiger partial charge in [-0.15, -0.1) is 0 Å². The van der Waals surface area contributed by atoms with Crippen molar-refractivity contribution in [1.82, 2.24) is 14.5 Å². The Bertz CT molecular complexity index is 2090. The van der Waals surface area contributed by atoms with Crippen molar-refractivity contribution in [3.8, 4) is 28.9 Å². The van der Waals surface area contributed by atoms with Crippen LogP contribution in [0, 0.1) is 13.8 Å². The Hall–Kier alpha value is -5.75. The molecule has 0 aliphatic carbocycles. The summed E-state index contributed by atoms with van der Waals surface area (Å²) in [5.74, 6) is 3.36. The first-order valence-corrected chi connectivity index (χ1v) is 15.6. The molecule has 12 heteroatoms. The zero-order valence-electron chi connectivity index (χ0n) is 26.2. The number of carbonyl (C=O) groups is 1. The fourth-order valence-corrected chi connectivity index (χ4v) is 5.95. The van der Waals surface area contributed by atoms with Crippen LogP contribution >= 0.6 is 11.3 Å². The molecule has 4 N–H and O–H groups in total. The molecule has 11 nitrogen and oxygen atoms in total. The molecule has 0 radical (unpaired) electrons. The zero-order valence-corrected chi connectivity index (χ0v) is 27.0. The van der Waals surface area contributed by atoms with Gasteiger partial charge in [0.05, 0.1) is 23.0 Å². The summed E-state index contributed by atoms with van der Waals surface area (Å²) in [7, 11) is 3.53. The Labute approximate surface area is 274 Å². The molecule has 0 aliphatic rings. The van der Waals surface area contributed by atoms with Gasteiger partial charge in [0, 0.05) is 30.9 Å². The van der Waals surface area contributed by atoms with Crippen LogP contribution in [0.4, 0.5) is 16.2 Å². The Morgan fingerprint density at radius 2 is 1.60 bits per heavy atom. The number of imidazole rings is 1. The summed E-state index contributed by atoms with van der Waals surface area (Å²) in [4.78, 5) is 31.6. The van der Waals surface area contributed by atoms with Crippen LogP contribution in [0.2, 0.25) is 0 Å². The normalized spacial score (nSPS) is 11.0. The van der Waals surface area contributed by atoms with Crippen LogP contribution in [0.1, 0.15) is 27.4 Å². The average molecular weight is 652 g/mol. The van der Waals surface area contributed by atoms with Gasteiger partial charge in [-0.3, -0.25) is 9.78 Å². The maximum Gasteiger partial charge on any atom is 0.323 e. The molecule has 2 heterocycles. The molecule has 0 spiro atoms. The average Bonchev–Trinajstić information content (AvgIpc) is 3.54. The number of aromatic nitrogens is 3. The largest absolute Gasteiger partial charge is 0.497 e. The Kier molecular flexibility index (Phi) is 8.85. The number of nitrogens with one attached hydrogen (secondary N) is 3. The molecule has 0 atom stereocenters. The number of benzene rings is 4. The van der Waals surface area contributed by atoms with Crippen molar-refractivity contribution in [3.05, 3.63) is 116 Å². The van der Waals surface area contributed by atoms with Gasteiger partial charge in [0.25, 0.3) is 0 Å². The predicted molar refractivity (Wildman–Crippen MR) is 183 cm³/mol. The van der Waals surface area contributed by atoms with Gasteiger partial charge in [0.1, 0.15) is 35.4 Å². The smallest absolute Gasteiger partial charge is 0.323 e. The summed E-state index contributed by atoms with van der Waals surface area (Å²) in [6, 6.07) is 23.8. The molecular formula is C35H33N5O6S. The minimum atomic E-state index is -0.345. The number of carbonyl (C=O) groups excluding carboxylic acids is 1. The number of methoxy groups -OCH3 is 1. The number of nitrogens with zero attached hydrogens (tertiary/aromatic N) is 2. The summed E-state index contributed by atoms with van der Waals surface area (Å²) in [5, 5.41) is 15.6. The van der Waals surface area contributed by atoms with Gasteiger partial charge in [-0.05, 0) is 91.2 Å². The SMILES string of the molecule is COc1ccc(NC(=O)Nc2c(C)cc(Oc3ccc4nc(COc5ccc(Cc6sc(=O)[nH]c6O)cc5)n(C)c4c3)cc2C)cc1. The lowest BCUT2D eigenvalue weighted by Gasteiger charge is -2.15. The Morgan fingerprint density at radius 3 is 2.26 bits per heavy atom. The van der Waals surface area contributed by atoms with E-state index in [0.29, 0.717) is 45.7 Å². The van der Waals surface area contributed by atoms with E-state index in [4.69, 9.17) is 19.2 Å². The first-order chi connectivity index (χ1) is 22.6. The number of amides is 2. The van der Waals surface area contributed by atoms with E-state index in [1.807, 2.05) is 80.1 Å². The van der Waals surface area contributed by atoms with E-state index in [2.05, 4.69) is 15.6 Å². The molecule has 6 aromatic rings. The number of thiazole rings is 1. The number of aromatic hydroxyl groups is 1. The van der Waals surface area contributed by atoms with E-state index in [1.54, 1.807) is 31.4 Å². The Balaban J connectivity index is 1.09. The lowest BCUT2D eigenvalue weighted by Crippen LogP contribution is -2.20.